The van der Waals surface area contributed by atoms with Gasteiger partial charge in [0.05, 0.1) is 12.0 Å². The molecule has 0 aliphatic heterocycles. The first-order valence-electron chi connectivity index (χ1n) is 9.66. The molecule has 0 bridgehead atoms. The summed E-state index contributed by atoms with van der Waals surface area (Å²) in [6.07, 6.45) is 6.70. The van der Waals surface area contributed by atoms with Gasteiger partial charge in [0.2, 0.25) is 0 Å². The lowest BCUT2D eigenvalue weighted by molar-refractivity contribution is 0.440. The van der Waals surface area contributed by atoms with Crippen molar-refractivity contribution in [2.45, 2.75) is 83.1 Å². The standard InChI is InChI=1S/C23H32NOS/c1-22(2,3)16-12-15(13-17(14-16)23(4,5)6)20-24-21(26-7)18-10-8-9-11-19(18)25-20/h12-14H,8-11H2,1-7H3/q+1. The van der Waals surface area contributed by atoms with Crippen LogP contribution < -0.4 is 0 Å². The smallest absolute Gasteiger partial charge is 0.192 e. The molecule has 0 atom stereocenters. The molecule has 1 aliphatic rings. The van der Waals surface area contributed by atoms with Crippen molar-refractivity contribution < 1.29 is 4.42 Å². The van der Waals surface area contributed by atoms with E-state index in [-0.39, 0.29) is 10.8 Å². The fourth-order valence-electron chi connectivity index (χ4n) is 3.43. The Balaban J connectivity index is 2.20. The normalized spacial score (nSPS) is 15.0. The van der Waals surface area contributed by atoms with Gasteiger partial charge in [-0.1, -0.05) is 47.6 Å². The van der Waals surface area contributed by atoms with E-state index in [9.17, 15) is 0 Å². The van der Waals surface area contributed by atoms with Gasteiger partial charge in [-0.15, -0.1) is 16.7 Å². The van der Waals surface area contributed by atoms with Crippen LogP contribution in [-0.2, 0) is 23.7 Å². The molecule has 3 rings (SSSR count). The molecule has 2 aromatic rings. The largest absolute Gasteiger partial charge is 0.460 e. The van der Waals surface area contributed by atoms with Crippen LogP contribution in [0.3, 0.4) is 0 Å². The van der Waals surface area contributed by atoms with Gasteiger partial charge in [0, 0.05) is 0 Å². The third kappa shape index (κ3) is 3.98. The first-order valence-corrected chi connectivity index (χ1v) is 10.9. The van der Waals surface area contributed by atoms with Crippen molar-refractivity contribution in [2.24, 2.45) is 0 Å². The van der Waals surface area contributed by atoms with Gasteiger partial charge in [-0.05, 0) is 59.6 Å². The van der Waals surface area contributed by atoms with E-state index in [2.05, 4.69) is 66.0 Å². The SMILES string of the molecule is CSc1nc(-c2cc(C(C)(C)C)cc(C(C)(C)C)c2)[o+]c2c1CCCC2. The summed E-state index contributed by atoms with van der Waals surface area (Å²) in [5, 5.41) is 1.14. The summed E-state index contributed by atoms with van der Waals surface area (Å²) < 4.78 is 6.34. The second-order valence-electron chi connectivity index (χ2n) is 9.44. The number of aryl methyl sites for hydroxylation is 1. The molecule has 1 heterocycles. The van der Waals surface area contributed by atoms with E-state index in [1.165, 1.54) is 29.5 Å². The Morgan fingerprint density at radius 1 is 0.885 bits per heavy atom. The molecule has 1 aromatic carbocycles. The minimum absolute atomic E-state index is 0.0898. The number of hydrogen-bond acceptors (Lipinski definition) is 2. The van der Waals surface area contributed by atoms with Crippen LogP contribution in [0.25, 0.3) is 11.5 Å². The second kappa shape index (κ2) is 6.99. The molecule has 1 aromatic heterocycles. The molecule has 0 spiro atoms. The Morgan fingerprint density at radius 3 is 2.00 bits per heavy atom. The summed E-state index contributed by atoms with van der Waals surface area (Å²) in [6.45, 7) is 13.6. The Morgan fingerprint density at radius 2 is 1.46 bits per heavy atom. The fourth-order valence-corrected chi connectivity index (χ4v) is 4.06. The average molecular weight is 371 g/mol. The first kappa shape index (κ1) is 19.4. The minimum Gasteiger partial charge on any atom is -0.192 e. The van der Waals surface area contributed by atoms with E-state index < -0.39 is 0 Å². The monoisotopic (exact) mass is 370 g/mol. The van der Waals surface area contributed by atoms with Crippen LogP contribution in [0.15, 0.2) is 27.6 Å². The van der Waals surface area contributed by atoms with Crippen LogP contribution in [0, 0.1) is 0 Å². The van der Waals surface area contributed by atoms with Gasteiger partial charge in [0.25, 0.3) is 0 Å². The summed E-state index contributed by atoms with van der Waals surface area (Å²) in [4.78, 5) is 4.92. The summed E-state index contributed by atoms with van der Waals surface area (Å²) >= 11 is 1.74. The van der Waals surface area contributed by atoms with Crippen molar-refractivity contribution >= 4 is 11.8 Å². The molecule has 0 unspecified atom stereocenters. The van der Waals surface area contributed by atoms with Crippen LogP contribution in [0.4, 0.5) is 0 Å². The van der Waals surface area contributed by atoms with Crippen LogP contribution in [0.5, 0.6) is 0 Å². The number of rotatable bonds is 2. The zero-order chi connectivity index (χ0) is 19.1. The number of benzene rings is 1. The number of aromatic nitrogens is 1. The molecular formula is C23H32NOS+. The summed E-state index contributed by atoms with van der Waals surface area (Å²) in [6, 6.07) is 6.87. The van der Waals surface area contributed by atoms with E-state index in [0.29, 0.717) is 0 Å². The third-order valence-corrected chi connectivity index (χ3v) is 5.93. The van der Waals surface area contributed by atoms with Gasteiger partial charge in [0.15, 0.2) is 0 Å². The minimum atomic E-state index is 0.0898. The van der Waals surface area contributed by atoms with Crippen molar-refractivity contribution in [1.82, 2.24) is 4.98 Å². The summed E-state index contributed by atoms with van der Waals surface area (Å²) in [7, 11) is 0. The highest BCUT2D eigenvalue weighted by molar-refractivity contribution is 7.98. The van der Waals surface area contributed by atoms with Crippen LogP contribution in [0.2, 0.25) is 0 Å². The number of thioether (sulfide) groups is 1. The third-order valence-electron chi connectivity index (χ3n) is 5.20. The molecule has 0 saturated heterocycles. The zero-order valence-electron chi connectivity index (χ0n) is 17.3. The van der Waals surface area contributed by atoms with Crippen molar-refractivity contribution in [3.05, 3.63) is 40.6 Å². The highest BCUT2D eigenvalue weighted by atomic mass is 32.2. The lowest BCUT2D eigenvalue weighted by Crippen LogP contribution is -2.16. The molecule has 0 fully saturated rings. The molecular weight excluding hydrogens is 338 g/mol. The number of hydrogen-bond donors (Lipinski definition) is 0. The van der Waals surface area contributed by atoms with Crippen molar-refractivity contribution in [3.63, 3.8) is 0 Å². The summed E-state index contributed by atoms with van der Waals surface area (Å²) in [5.74, 6) is 1.91. The van der Waals surface area contributed by atoms with Gasteiger partial charge in [-0.25, -0.2) is 0 Å². The molecule has 3 heteroatoms. The van der Waals surface area contributed by atoms with E-state index >= 15 is 0 Å². The predicted molar refractivity (Wildman–Crippen MR) is 112 cm³/mol. The molecule has 1 aliphatic carbocycles. The maximum atomic E-state index is 6.34. The van der Waals surface area contributed by atoms with Gasteiger partial charge in [-0.3, -0.25) is 0 Å². The maximum Gasteiger partial charge on any atom is 0.460 e. The lowest BCUT2D eigenvalue weighted by Gasteiger charge is -2.25. The summed E-state index contributed by atoms with van der Waals surface area (Å²) in [5.41, 5.74) is 5.28. The van der Waals surface area contributed by atoms with Crippen molar-refractivity contribution in [3.8, 4) is 11.5 Å². The molecule has 2 nitrogen and oxygen atoms in total. The fraction of sp³-hybridized carbons (Fsp3) is 0.565. The first-order chi connectivity index (χ1) is 12.1. The lowest BCUT2D eigenvalue weighted by atomic mass is 9.79. The van der Waals surface area contributed by atoms with E-state index in [1.54, 1.807) is 11.8 Å². The van der Waals surface area contributed by atoms with Crippen LogP contribution >= 0.6 is 11.8 Å². The molecule has 0 N–H and O–H groups in total. The Bertz CT molecular complexity index is 763. The number of nitrogens with zero attached hydrogens (tertiary/aromatic N) is 1. The van der Waals surface area contributed by atoms with E-state index in [0.717, 1.165) is 35.1 Å². The topological polar surface area (TPSA) is 24.2 Å². The average Bonchev–Trinajstić information content (AvgIpc) is 2.58. The van der Waals surface area contributed by atoms with E-state index in [4.69, 9.17) is 9.40 Å². The highest BCUT2D eigenvalue weighted by Crippen LogP contribution is 2.36. The second-order valence-corrected chi connectivity index (χ2v) is 10.2. The number of fused-ring (bicyclic) bond motifs is 1. The van der Waals surface area contributed by atoms with Crippen molar-refractivity contribution in [2.75, 3.05) is 6.26 Å². The maximum absolute atomic E-state index is 6.34. The van der Waals surface area contributed by atoms with Gasteiger partial charge in [-0.2, -0.15) is 4.42 Å². The predicted octanol–water partition coefficient (Wildman–Crippen LogP) is 6.82. The Kier molecular flexibility index (Phi) is 5.22. The Labute approximate surface area is 162 Å². The molecule has 140 valence electrons. The van der Waals surface area contributed by atoms with Crippen LogP contribution in [-0.4, -0.2) is 11.2 Å². The van der Waals surface area contributed by atoms with Crippen LogP contribution in [0.1, 0.15) is 76.8 Å². The van der Waals surface area contributed by atoms with E-state index in [1.807, 2.05) is 0 Å². The van der Waals surface area contributed by atoms with Gasteiger partial charge < -0.3 is 0 Å². The van der Waals surface area contributed by atoms with Gasteiger partial charge in [0.1, 0.15) is 10.6 Å². The van der Waals surface area contributed by atoms with Crippen molar-refractivity contribution in [1.29, 1.82) is 0 Å². The molecule has 0 radical (unpaired) electrons. The molecule has 0 amide bonds. The molecule has 0 saturated carbocycles. The Hall–Kier alpha value is -1.35. The zero-order valence-corrected chi connectivity index (χ0v) is 18.1. The molecule has 26 heavy (non-hydrogen) atoms. The van der Waals surface area contributed by atoms with Gasteiger partial charge >= 0.3 is 11.7 Å². The highest BCUT2D eigenvalue weighted by Gasteiger charge is 2.30. The quantitative estimate of drug-likeness (QED) is 0.428.